The Hall–Kier alpha value is -3.88. The smallest absolute Gasteiger partial charge is 0.337 e. The van der Waals surface area contributed by atoms with Crippen molar-refractivity contribution in [2.24, 2.45) is 0 Å². The molecule has 3 aromatic rings. The molecule has 2 aromatic heterocycles. The topological polar surface area (TPSA) is 126 Å². The van der Waals surface area contributed by atoms with Crippen molar-refractivity contribution in [3.8, 4) is 0 Å². The minimum absolute atomic E-state index is 0.122. The molecule has 0 atom stereocenters. The zero-order valence-corrected chi connectivity index (χ0v) is 16.8. The van der Waals surface area contributed by atoms with E-state index in [9.17, 15) is 14.4 Å². The van der Waals surface area contributed by atoms with Crippen LogP contribution in [-0.2, 0) is 11.3 Å². The highest BCUT2D eigenvalue weighted by molar-refractivity contribution is 6.03. The van der Waals surface area contributed by atoms with E-state index in [4.69, 9.17) is 9.15 Å². The van der Waals surface area contributed by atoms with Gasteiger partial charge in [0.1, 0.15) is 5.69 Å². The number of esters is 1. The largest absolute Gasteiger partial charge is 0.465 e. The zero-order chi connectivity index (χ0) is 21.7. The first kappa shape index (κ1) is 20.8. The highest BCUT2D eigenvalue weighted by Crippen LogP contribution is 2.18. The fourth-order valence-electron chi connectivity index (χ4n) is 2.72. The molecule has 3 N–H and O–H groups in total. The SMILES string of the molecule is COC(=O)c1cc(CNC(=O)c2cc(C(C)C)[nH]n2)cc(NC(=O)c2ccco2)c1. The fraction of sp³-hybridized carbons (Fsp3) is 0.238. The lowest BCUT2D eigenvalue weighted by Crippen LogP contribution is -2.23. The highest BCUT2D eigenvalue weighted by Gasteiger charge is 2.15. The normalized spacial score (nSPS) is 10.7. The van der Waals surface area contributed by atoms with Gasteiger partial charge in [0, 0.05) is 17.9 Å². The second-order valence-corrected chi connectivity index (χ2v) is 6.89. The van der Waals surface area contributed by atoms with Crippen LogP contribution in [0.4, 0.5) is 5.69 Å². The number of furan rings is 1. The lowest BCUT2D eigenvalue weighted by Gasteiger charge is -2.10. The number of rotatable bonds is 7. The van der Waals surface area contributed by atoms with E-state index in [1.54, 1.807) is 24.3 Å². The van der Waals surface area contributed by atoms with Crippen LogP contribution in [0.1, 0.15) is 62.4 Å². The highest BCUT2D eigenvalue weighted by atomic mass is 16.5. The minimum Gasteiger partial charge on any atom is -0.465 e. The fourth-order valence-corrected chi connectivity index (χ4v) is 2.72. The summed E-state index contributed by atoms with van der Waals surface area (Å²) in [4.78, 5) is 36.6. The van der Waals surface area contributed by atoms with Crippen molar-refractivity contribution in [1.82, 2.24) is 15.5 Å². The van der Waals surface area contributed by atoms with Crippen molar-refractivity contribution in [2.75, 3.05) is 12.4 Å². The molecule has 0 bridgehead atoms. The molecule has 9 heteroatoms. The van der Waals surface area contributed by atoms with Gasteiger partial charge in [0.2, 0.25) is 0 Å². The molecule has 30 heavy (non-hydrogen) atoms. The van der Waals surface area contributed by atoms with E-state index in [0.717, 1.165) is 5.69 Å². The second-order valence-electron chi connectivity index (χ2n) is 6.89. The summed E-state index contributed by atoms with van der Waals surface area (Å²) in [5.41, 5.74) is 2.33. The first-order chi connectivity index (χ1) is 14.4. The number of aromatic amines is 1. The number of amides is 2. The maximum atomic E-state index is 12.4. The summed E-state index contributed by atoms with van der Waals surface area (Å²) in [6, 6.07) is 9.54. The molecule has 2 amide bonds. The number of carbonyl (C=O) groups is 3. The maximum Gasteiger partial charge on any atom is 0.337 e. The molecule has 9 nitrogen and oxygen atoms in total. The number of hydrogen-bond donors (Lipinski definition) is 3. The Balaban J connectivity index is 1.76. The van der Waals surface area contributed by atoms with Crippen molar-refractivity contribution in [2.45, 2.75) is 26.3 Å². The van der Waals surface area contributed by atoms with E-state index in [1.165, 1.54) is 25.5 Å². The van der Waals surface area contributed by atoms with Gasteiger partial charge in [0.15, 0.2) is 5.76 Å². The summed E-state index contributed by atoms with van der Waals surface area (Å²) >= 11 is 0. The average Bonchev–Trinajstić information content (AvgIpc) is 3.43. The lowest BCUT2D eigenvalue weighted by molar-refractivity contribution is 0.0600. The molecule has 156 valence electrons. The van der Waals surface area contributed by atoms with Crippen LogP contribution in [0.5, 0.6) is 0 Å². The van der Waals surface area contributed by atoms with Gasteiger partial charge in [0.05, 0.1) is 18.9 Å². The number of anilines is 1. The van der Waals surface area contributed by atoms with Crippen LogP contribution in [0.25, 0.3) is 0 Å². The second kappa shape index (κ2) is 9.08. The van der Waals surface area contributed by atoms with Gasteiger partial charge in [-0.15, -0.1) is 0 Å². The number of hydrogen-bond acceptors (Lipinski definition) is 6. The van der Waals surface area contributed by atoms with E-state index in [2.05, 4.69) is 20.8 Å². The molecular weight excluding hydrogens is 388 g/mol. The number of ether oxygens (including phenoxy) is 1. The summed E-state index contributed by atoms with van der Waals surface area (Å²) in [6.07, 6.45) is 1.39. The standard InChI is InChI=1S/C21H22N4O5/c1-12(2)16-10-17(25-24-16)19(26)22-11-13-7-14(21(28)29-3)9-15(8-13)23-20(27)18-5-4-6-30-18/h4-10,12H,11H2,1-3H3,(H,22,26)(H,23,27)(H,24,25). The Labute approximate surface area is 172 Å². The first-order valence-corrected chi connectivity index (χ1v) is 9.28. The Morgan fingerprint density at radius 3 is 2.60 bits per heavy atom. The molecule has 0 aliphatic heterocycles. The van der Waals surface area contributed by atoms with E-state index in [1.807, 2.05) is 13.8 Å². The summed E-state index contributed by atoms with van der Waals surface area (Å²) in [7, 11) is 1.27. The molecule has 0 fully saturated rings. The van der Waals surface area contributed by atoms with Crippen LogP contribution < -0.4 is 10.6 Å². The average molecular weight is 410 g/mol. The van der Waals surface area contributed by atoms with Crippen LogP contribution in [0.15, 0.2) is 47.1 Å². The molecule has 0 radical (unpaired) electrons. The van der Waals surface area contributed by atoms with Crippen LogP contribution in [0, 0.1) is 0 Å². The van der Waals surface area contributed by atoms with Crippen LogP contribution >= 0.6 is 0 Å². The van der Waals surface area contributed by atoms with Crippen LogP contribution in [-0.4, -0.2) is 35.1 Å². The minimum atomic E-state index is -0.564. The van der Waals surface area contributed by atoms with Crippen molar-refractivity contribution in [3.63, 3.8) is 0 Å². The number of methoxy groups -OCH3 is 1. The summed E-state index contributed by atoms with van der Waals surface area (Å²) < 4.78 is 9.84. The van der Waals surface area contributed by atoms with Crippen molar-refractivity contribution < 1.29 is 23.5 Å². The first-order valence-electron chi connectivity index (χ1n) is 9.28. The molecule has 0 aliphatic carbocycles. The van der Waals surface area contributed by atoms with Crippen molar-refractivity contribution in [3.05, 3.63) is 70.9 Å². The van der Waals surface area contributed by atoms with Gasteiger partial charge in [-0.25, -0.2) is 4.79 Å². The number of nitrogens with one attached hydrogen (secondary N) is 3. The quantitative estimate of drug-likeness (QED) is 0.514. The molecule has 0 saturated heterocycles. The molecular formula is C21H22N4O5. The van der Waals surface area contributed by atoms with Crippen molar-refractivity contribution >= 4 is 23.5 Å². The number of benzene rings is 1. The number of H-pyrrole nitrogens is 1. The van der Waals surface area contributed by atoms with Crippen LogP contribution in [0.2, 0.25) is 0 Å². The Morgan fingerprint density at radius 1 is 1.17 bits per heavy atom. The molecule has 2 heterocycles. The van der Waals surface area contributed by atoms with Gasteiger partial charge in [-0.3, -0.25) is 14.7 Å². The Morgan fingerprint density at radius 2 is 1.97 bits per heavy atom. The monoisotopic (exact) mass is 410 g/mol. The molecule has 0 aliphatic rings. The third-order valence-electron chi connectivity index (χ3n) is 4.32. The van der Waals surface area contributed by atoms with E-state index >= 15 is 0 Å². The lowest BCUT2D eigenvalue weighted by atomic mass is 10.1. The number of carbonyl (C=O) groups excluding carboxylic acids is 3. The Bertz CT molecular complexity index is 1050. The summed E-state index contributed by atoms with van der Waals surface area (Å²) in [6.45, 7) is 4.11. The maximum absolute atomic E-state index is 12.4. The summed E-state index contributed by atoms with van der Waals surface area (Å²) in [5, 5.41) is 12.3. The van der Waals surface area contributed by atoms with Gasteiger partial charge in [-0.05, 0) is 47.9 Å². The molecule has 0 unspecified atom stereocenters. The number of aromatic nitrogens is 2. The Kier molecular flexibility index (Phi) is 6.31. The molecule has 3 rings (SSSR count). The van der Waals surface area contributed by atoms with Gasteiger partial charge in [-0.2, -0.15) is 5.10 Å². The van der Waals surface area contributed by atoms with Gasteiger partial charge < -0.3 is 19.8 Å². The van der Waals surface area contributed by atoms with E-state index in [-0.39, 0.29) is 35.4 Å². The summed E-state index contributed by atoms with van der Waals surface area (Å²) in [5.74, 6) is -1.04. The predicted octanol–water partition coefficient (Wildman–Crippen LogP) is 3.10. The number of nitrogens with zero attached hydrogens (tertiary/aromatic N) is 1. The van der Waals surface area contributed by atoms with E-state index in [0.29, 0.717) is 11.3 Å². The third kappa shape index (κ3) is 4.93. The van der Waals surface area contributed by atoms with Gasteiger partial charge in [-0.1, -0.05) is 13.8 Å². The van der Waals surface area contributed by atoms with Crippen molar-refractivity contribution in [1.29, 1.82) is 0 Å². The predicted molar refractivity (Wildman–Crippen MR) is 108 cm³/mol. The van der Waals surface area contributed by atoms with Gasteiger partial charge >= 0.3 is 5.97 Å². The zero-order valence-electron chi connectivity index (χ0n) is 16.8. The van der Waals surface area contributed by atoms with E-state index < -0.39 is 11.9 Å². The van der Waals surface area contributed by atoms with Crippen LogP contribution in [0.3, 0.4) is 0 Å². The van der Waals surface area contributed by atoms with Gasteiger partial charge in [0.25, 0.3) is 11.8 Å². The molecule has 1 aromatic carbocycles. The molecule has 0 saturated carbocycles. The third-order valence-corrected chi connectivity index (χ3v) is 4.32. The molecule has 0 spiro atoms.